The maximum Gasteiger partial charge on any atom is 2.00 e. The Bertz CT molecular complexity index is 1140. The molecule has 0 bridgehead atoms. The number of benzene rings is 2. The molecule has 0 radical (unpaired) electrons. The second kappa shape index (κ2) is 12.4. The van der Waals surface area contributed by atoms with Gasteiger partial charge in [-0.2, -0.15) is 0 Å². The molecule has 36 heavy (non-hydrogen) atoms. The first-order valence-electron chi connectivity index (χ1n) is 11.3. The predicted molar refractivity (Wildman–Crippen MR) is 143 cm³/mol. The minimum absolute atomic E-state index is 0. The molecule has 0 saturated carbocycles. The van der Waals surface area contributed by atoms with Crippen molar-refractivity contribution in [3.05, 3.63) is 74.3 Å². The zero-order valence-electron chi connectivity index (χ0n) is 22.2. The van der Waals surface area contributed by atoms with Crippen molar-refractivity contribution in [1.82, 2.24) is 9.97 Å². The minimum atomic E-state index is -0.540. The van der Waals surface area contributed by atoms with E-state index >= 15 is 0 Å². The fourth-order valence-electron chi connectivity index (χ4n) is 3.87. The van der Waals surface area contributed by atoms with E-state index in [2.05, 4.69) is 47.9 Å². The van der Waals surface area contributed by atoms with Crippen LogP contribution in [0.5, 0.6) is 11.5 Å². The van der Waals surface area contributed by atoms with Gasteiger partial charge in [-0.25, -0.2) is 0 Å². The predicted octanol–water partition coefficient (Wildman–Crippen LogP) is 6.89. The number of aliphatic imine (C=N–C) groups is 1. The van der Waals surface area contributed by atoms with Gasteiger partial charge in [0.05, 0.1) is 33.8 Å². The molecule has 0 aliphatic heterocycles. The number of halogens is 2. The van der Waals surface area contributed by atoms with Crippen molar-refractivity contribution >= 4 is 35.1 Å². The summed E-state index contributed by atoms with van der Waals surface area (Å²) in [6.07, 6.45) is 6.76. The SMILES string of the molecule is CC(C)(C)c1c([O-])c([O-])c(C(C)(C)C)c(Cl)c1Cl.Cc1cc(C)c(N=Cc2cnccn2)c(C)c1.[Ni+2]. The van der Waals surface area contributed by atoms with E-state index in [1.807, 2.05) is 41.5 Å². The molecule has 3 rings (SSSR count). The van der Waals surface area contributed by atoms with Gasteiger partial charge in [-0.15, -0.1) is 11.5 Å². The standard InChI is InChI=1S/C14H20Cl2O2.C14H15N3.Ni/c1-13(2,3)7-9(15)10(16)8(14(4,5)6)12(18)11(7)17;1-10-6-11(2)14(12(3)7-10)17-9-13-8-15-4-5-16-13;/h17-18H,1-6H3;4-9H,1-3H3;/q;;+2/p-2. The zero-order chi connectivity index (χ0) is 26.7. The van der Waals surface area contributed by atoms with Gasteiger partial charge >= 0.3 is 16.5 Å². The molecule has 0 aliphatic rings. The Kier molecular flexibility index (Phi) is 11.0. The molecule has 0 N–H and O–H groups in total. The van der Waals surface area contributed by atoms with Crippen LogP contribution in [0.2, 0.25) is 10.0 Å². The van der Waals surface area contributed by atoms with Crippen LogP contribution in [-0.4, -0.2) is 16.2 Å². The average molecular weight is 573 g/mol. The summed E-state index contributed by atoms with van der Waals surface area (Å²) in [5, 5.41) is 24.8. The van der Waals surface area contributed by atoms with Gasteiger partial charge in [0.25, 0.3) is 0 Å². The molecule has 2 aromatic carbocycles. The first kappa shape index (κ1) is 31.9. The van der Waals surface area contributed by atoms with Crippen LogP contribution in [0.15, 0.2) is 35.7 Å². The molecule has 0 unspecified atom stereocenters. The molecule has 0 fully saturated rings. The first-order chi connectivity index (χ1) is 16.1. The Morgan fingerprint density at radius 3 is 1.61 bits per heavy atom. The summed E-state index contributed by atoms with van der Waals surface area (Å²) < 4.78 is 0. The fraction of sp³-hybridized carbons (Fsp3) is 0.393. The molecule has 5 nitrogen and oxygen atoms in total. The van der Waals surface area contributed by atoms with Gasteiger partial charge in [-0.3, -0.25) is 15.0 Å². The van der Waals surface area contributed by atoms with Gasteiger partial charge < -0.3 is 10.2 Å². The second-order valence-corrected chi connectivity index (χ2v) is 11.4. The van der Waals surface area contributed by atoms with Crippen LogP contribution in [0.4, 0.5) is 5.69 Å². The van der Waals surface area contributed by atoms with Crippen molar-refractivity contribution in [2.75, 3.05) is 0 Å². The summed E-state index contributed by atoms with van der Waals surface area (Å²) in [6.45, 7) is 17.3. The Labute approximate surface area is 235 Å². The summed E-state index contributed by atoms with van der Waals surface area (Å²) in [4.78, 5) is 12.7. The topological polar surface area (TPSA) is 84.3 Å². The fourth-order valence-corrected chi connectivity index (χ4v) is 4.80. The third-order valence-corrected chi connectivity index (χ3v) is 6.19. The number of hydrogen-bond acceptors (Lipinski definition) is 5. The Hall–Kier alpha value is -2.14. The number of aryl methyl sites for hydroxylation is 3. The van der Waals surface area contributed by atoms with Gasteiger partial charge in [-0.05, 0) is 53.9 Å². The van der Waals surface area contributed by atoms with Crippen LogP contribution in [-0.2, 0) is 27.3 Å². The molecule has 0 aliphatic carbocycles. The monoisotopic (exact) mass is 571 g/mol. The van der Waals surface area contributed by atoms with Gasteiger partial charge in [0.1, 0.15) is 0 Å². The summed E-state index contributed by atoms with van der Waals surface area (Å²) >= 11 is 12.4. The number of hydrogen-bond donors (Lipinski definition) is 0. The number of aromatic nitrogens is 2. The molecular formula is C28H33Cl2N3NiO2. The molecule has 1 heterocycles. The van der Waals surface area contributed by atoms with E-state index in [0.717, 1.165) is 11.4 Å². The quantitative estimate of drug-likeness (QED) is 0.247. The van der Waals surface area contributed by atoms with E-state index in [4.69, 9.17) is 23.2 Å². The smallest absolute Gasteiger partial charge is 0.873 e. The molecule has 1 aromatic heterocycles. The largest absolute Gasteiger partial charge is 2.00 e. The third-order valence-electron chi connectivity index (χ3n) is 5.34. The van der Waals surface area contributed by atoms with E-state index in [0.29, 0.717) is 11.1 Å². The van der Waals surface area contributed by atoms with Crippen LogP contribution in [0, 0.1) is 20.8 Å². The molecule has 8 heteroatoms. The van der Waals surface area contributed by atoms with Crippen LogP contribution in [0.25, 0.3) is 0 Å². The maximum atomic E-state index is 12.2. The summed E-state index contributed by atoms with van der Waals surface area (Å²) in [6, 6.07) is 4.27. The van der Waals surface area contributed by atoms with Crippen molar-refractivity contribution in [1.29, 1.82) is 0 Å². The Balaban J connectivity index is 0.000000351. The van der Waals surface area contributed by atoms with Crippen molar-refractivity contribution in [2.24, 2.45) is 4.99 Å². The van der Waals surface area contributed by atoms with Gasteiger partial charge in [-0.1, -0.05) is 82.4 Å². The van der Waals surface area contributed by atoms with Crippen LogP contribution in [0.3, 0.4) is 0 Å². The van der Waals surface area contributed by atoms with E-state index in [1.54, 1.807) is 24.8 Å². The third kappa shape index (κ3) is 7.68. The van der Waals surface area contributed by atoms with E-state index in [1.165, 1.54) is 16.7 Å². The second-order valence-electron chi connectivity index (χ2n) is 10.7. The van der Waals surface area contributed by atoms with Crippen LogP contribution >= 0.6 is 23.2 Å². The van der Waals surface area contributed by atoms with Crippen LogP contribution in [0.1, 0.15) is 75.1 Å². The van der Waals surface area contributed by atoms with Crippen molar-refractivity contribution in [3.63, 3.8) is 0 Å². The van der Waals surface area contributed by atoms with Gasteiger partial charge in [0.2, 0.25) is 0 Å². The molecule has 196 valence electrons. The molecule has 0 atom stereocenters. The van der Waals surface area contributed by atoms with Gasteiger partial charge in [0, 0.05) is 12.4 Å². The molecular weight excluding hydrogens is 540 g/mol. The summed E-state index contributed by atoms with van der Waals surface area (Å²) in [7, 11) is 0. The molecule has 3 aromatic rings. The normalized spacial score (nSPS) is 11.6. The Morgan fingerprint density at radius 2 is 1.25 bits per heavy atom. The van der Waals surface area contributed by atoms with Crippen molar-refractivity contribution < 1.29 is 26.7 Å². The molecule has 0 saturated heterocycles. The number of nitrogens with zero attached hydrogens (tertiary/aromatic N) is 3. The van der Waals surface area contributed by atoms with Crippen molar-refractivity contribution in [3.8, 4) is 11.5 Å². The maximum absolute atomic E-state index is 12.2. The Morgan fingerprint density at radius 1 is 0.806 bits per heavy atom. The summed E-state index contributed by atoms with van der Waals surface area (Å²) in [5.41, 5.74) is 5.00. The van der Waals surface area contributed by atoms with Crippen molar-refractivity contribution in [2.45, 2.75) is 73.1 Å². The van der Waals surface area contributed by atoms with E-state index in [9.17, 15) is 10.2 Å². The first-order valence-corrected chi connectivity index (χ1v) is 12.1. The minimum Gasteiger partial charge on any atom is -0.873 e. The average Bonchev–Trinajstić information content (AvgIpc) is 2.71. The van der Waals surface area contributed by atoms with E-state index in [-0.39, 0.29) is 26.5 Å². The zero-order valence-corrected chi connectivity index (χ0v) is 24.7. The number of rotatable bonds is 2. The van der Waals surface area contributed by atoms with Gasteiger partial charge in [0.15, 0.2) is 0 Å². The van der Waals surface area contributed by atoms with E-state index < -0.39 is 22.3 Å². The summed E-state index contributed by atoms with van der Waals surface area (Å²) in [5.74, 6) is -1.08. The molecule has 0 spiro atoms. The van der Waals surface area contributed by atoms with Crippen LogP contribution < -0.4 is 10.2 Å². The molecule has 0 amide bonds.